The number of alkyl halides is 1. The molecule has 5 heteroatoms. The number of hydrogen-bond donors (Lipinski definition) is 0. The molecule has 2 atom stereocenters. The second kappa shape index (κ2) is 8.82. The summed E-state index contributed by atoms with van der Waals surface area (Å²) < 4.78 is 19.4. The van der Waals surface area contributed by atoms with Crippen molar-refractivity contribution in [3.8, 4) is 0 Å². The number of hydrogen-bond acceptors (Lipinski definition) is 3. The van der Waals surface area contributed by atoms with Crippen molar-refractivity contribution in [3.63, 3.8) is 0 Å². The van der Waals surface area contributed by atoms with E-state index in [-0.39, 0.29) is 23.8 Å². The Bertz CT molecular complexity index is 765. The number of carbonyl (C=O) groups excluding carboxylic acids is 1. The van der Waals surface area contributed by atoms with Gasteiger partial charge in [0.2, 0.25) is 5.91 Å². The molecule has 1 saturated carbocycles. The van der Waals surface area contributed by atoms with E-state index in [4.69, 9.17) is 4.74 Å². The number of ether oxygens (including phenoxy) is 1. The number of halogens is 1. The number of amides is 1. The molecular formula is C23H27FN2O2. The molecule has 1 aromatic carbocycles. The molecule has 1 saturated heterocycles. The molecule has 0 N–H and O–H groups in total. The van der Waals surface area contributed by atoms with Gasteiger partial charge in [-0.2, -0.15) is 0 Å². The van der Waals surface area contributed by atoms with E-state index in [1.807, 2.05) is 41.4 Å². The van der Waals surface area contributed by atoms with Crippen LogP contribution in [-0.4, -0.2) is 41.2 Å². The molecule has 2 heterocycles. The number of rotatable bonds is 6. The summed E-state index contributed by atoms with van der Waals surface area (Å²) in [4.78, 5) is 18.8. The molecule has 0 unspecified atom stereocenters. The van der Waals surface area contributed by atoms with Crippen LogP contribution in [0.5, 0.6) is 0 Å². The standard InChI is InChI=1S/C23H27FN2O2/c24-21-12-19(13-21)23(27)26-10-8-22(28-16-18-7-4-9-25-14-18)20(15-26)11-17-5-2-1-3-6-17/h1-7,9,14,19-22H,8,10-13,15-16H2/t19?,20-,21?,22-/m1/s1. The Labute approximate surface area is 165 Å². The minimum atomic E-state index is -0.797. The number of benzene rings is 1. The Morgan fingerprint density at radius 3 is 2.64 bits per heavy atom. The minimum Gasteiger partial charge on any atom is -0.373 e. The molecule has 4 nitrogen and oxygen atoms in total. The maximum absolute atomic E-state index is 13.2. The summed E-state index contributed by atoms with van der Waals surface area (Å²) >= 11 is 0. The second-order valence-electron chi connectivity index (χ2n) is 8.00. The number of pyridine rings is 1. The van der Waals surface area contributed by atoms with Crippen LogP contribution in [0.2, 0.25) is 0 Å². The van der Waals surface area contributed by atoms with Crippen molar-refractivity contribution in [2.24, 2.45) is 11.8 Å². The van der Waals surface area contributed by atoms with Crippen LogP contribution in [0.4, 0.5) is 4.39 Å². The van der Waals surface area contributed by atoms with E-state index >= 15 is 0 Å². The van der Waals surface area contributed by atoms with E-state index in [0.717, 1.165) is 18.4 Å². The van der Waals surface area contributed by atoms with Crippen LogP contribution in [0.25, 0.3) is 0 Å². The molecule has 1 aromatic heterocycles. The van der Waals surface area contributed by atoms with E-state index in [2.05, 4.69) is 17.1 Å². The van der Waals surface area contributed by atoms with E-state index < -0.39 is 6.17 Å². The lowest BCUT2D eigenvalue weighted by Gasteiger charge is -2.41. The summed E-state index contributed by atoms with van der Waals surface area (Å²) in [7, 11) is 0. The number of carbonyl (C=O) groups is 1. The number of aromatic nitrogens is 1. The molecule has 0 bridgehead atoms. The van der Waals surface area contributed by atoms with Gasteiger partial charge in [0, 0.05) is 37.3 Å². The summed E-state index contributed by atoms with van der Waals surface area (Å²) in [5.74, 6) is 0.232. The Kier molecular flexibility index (Phi) is 6.01. The van der Waals surface area contributed by atoms with Crippen molar-refractivity contribution in [1.82, 2.24) is 9.88 Å². The maximum atomic E-state index is 13.2. The molecule has 0 spiro atoms. The van der Waals surface area contributed by atoms with Crippen LogP contribution in [0, 0.1) is 11.8 Å². The fraction of sp³-hybridized carbons (Fsp3) is 0.478. The molecular weight excluding hydrogens is 355 g/mol. The molecule has 1 aliphatic heterocycles. The van der Waals surface area contributed by atoms with Gasteiger partial charge in [-0.1, -0.05) is 36.4 Å². The number of nitrogens with zero attached hydrogens (tertiary/aromatic N) is 2. The zero-order chi connectivity index (χ0) is 19.3. The third-order valence-corrected chi connectivity index (χ3v) is 5.93. The SMILES string of the molecule is O=C(C1CC(F)C1)N1CC[C@@H](OCc2cccnc2)[C@H](Cc2ccccc2)C1. The fourth-order valence-corrected chi connectivity index (χ4v) is 4.24. The first-order valence-electron chi connectivity index (χ1n) is 10.2. The average molecular weight is 382 g/mol. The molecule has 1 aliphatic carbocycles. The van der Waals surface area contributed by atoms with Crippen LogP contribution < -0.4 is 0 Å². The topological polar surface area (TPSA) is 42.4 Å². The van der Waals surface area contributed by atoms with Gasteiger partial charge in [0.1, 0.15) is 6.17 Å². The third-order valence-electron chi connectivity index (χ3n) is 5.93. The monoisotopic (exact) mass is 382 g/mol. The van der Waals surface area contributed by atoms with Crippen LogP contribution in [0.1, 0.15) is 30.4 Å². The molecule has 2 fully saturated rings. The van der Waals surface area contributed by atoms with Gasteiger partial charge >= 0.3 is 0 Å². The average Bonchev–Trinajstić information content (AvgIpc) is 2.71. The maximum Gasteiger partial charge on any atom is 0.225 e. The lowest BCUT2D eigenvalue weighted by molar-refractivity contribution is -0.145. The highest BCUT2D eigenvalue weighted by Gasteiger charge is 2.40. The Morgan fingerprint density at radius 1 is 1.14 bits per heavy atom. The van der Waals surface area contributed by atoms with Gasteiger partial charge in [0.15, 0.2) is 0 Å². The minimum absolute atomic E-state index is 0.0970. The largest absolute Gasteiger partial charge is 0.373 e. The molecule has 2 aliphatic rings. The molecule has 4 rings (SSSR count). The summed E-state index contributed by atoms with van der Waals surface area (Å²) in [5, 5.41) is 0. The van der Waals surface area contributed by atoms with Gasteiger partial charge in [-0.15, -0.1) is 0 Å². The van der Waals surface area contributed by atoms with Crippen LogP contribution in [0.3, 0.4) is 0 Å². The van der Waals surface area contributed by atoms with Crippen molar-refractivity contribution in [2.45, 2.75) is 44.6 Å². The molecule has 1 amide bonds. The van der Waals surface area contributed by atoms with Gasteiger partial charge in [0.05, 0.1) is 12.7 Å². The van der Waals surface area contributed by atoms with Crippen molar-refractivity contribution in [1.29, 1.82) is 0 Å². The predicted molar refractivity (Wildman–Crippen MR) is 105 cm³/mol. The Morgan fingerprint density at radius 2 is 1.93 bits per heavy atom. The second-order valence-corrected chi connectivity index (χ2v) is 8.00. The first-order valence-corrected chi connectivity index (χ1v) is 10.2. The van der Waals surface area contributed by atoms with Crippen LogP contribution in [-0.2, 0) is 22.6 Å². The summed E-state index contributed by atoms with van der Waals surface area (Å²) in [5.41, 5.74) is 2.31. The fourth-order valence-electron chi connectivity index (χ4n) is 4.24. The summed E-state index contributed by atoms with van der Waals surface area (Å²) in [6.45, 7) is 1.90. The van der Waals surface area contributed by atoms with E-state index in [1.54, 1.807) is 6.20 Å². The zero-order valence-electron chi connectivity index (χ0n) is 16.0. The van der Waals surface area contributed by atoms with Crippen molar-refractivity contribution in [2.75, 3.05) is 13.1 Å². The van der Waals surface area contributed by atoms with E-state index in [9.17, 15) is 9.18 Å². The van der Waals surface area contributed by atoms with Gasteiger partial charge in [-0.25, -0.2) is 4.39 Å². The first kappa shape index (κ1) is 19.1. The zero-order valence-corrected chi connectivity index (χ0v) is 16.0. The lowest BCUT2D eigenvalue weighted by atomic mass is 9.81. The normalized spacial score (nSPS) is 27.2. The highest BCUT2D eigenvalue weighted by Crippen LogP contribution is 2.34. The summed E-state index contributed by atoms with van der Waals surface area (Å²) in [6.07, 6.45) is 5.35. The Balaban J connectivity index is 1.42. The molecule has 28 heavy (non-hydrogen) atoms. The van der Waals surface area contributed by atoms with Crippen molar-refractivity contribution >= 4 is 5.91 Å². The summed E-state index contributed by atoms with van der Waals surface area (Å²) in [6, 6.07) is 14.3. The van der Waals surface area contributed by atoms with E-state index in [0.29, 0.717) is 32.5 Å². The molecule has 0 radical (unpaired) electrons. The van der Waals surface area contributed by atoms with Gasteiger partial charge < -0.3 is 9.64 Å². The van der Waals surface area contributed by atoms with Crippen LogP contribution in [0.15, 0.2) is 54.9 Å². The molecule has 148 valence electrons. The van der Waals surface area contributed by atoms with Crippen molar-refractivity contribution in [3.05, 3.63) is 66.0 Å². The van der Waals surface area contributed by atoms with Gasteiger partial charge in [-0.05, 0) is 42.9 Å². The van der Waals surface area contributed by atoms with Gasteiger partial charge in [-0.3, -0.25) is 9.78 Å². The molecule has 2 aromatic rings. The van der Waals surface area contributed by atoms with Crippen LogP contribution >= 0.6 is 0 Å². The predicted octanol–water partition coefficient (Wildman–Crippen LogP) is 3.81. The first-order chi connectivity index (χ1) is 13.7. The smallest absolute Gasteiger partial charge is 0.225 e. The van der Waals surface area contributed by atoms with Gasteiger partial charge in [0.25, 0.3) is 0 Å². The highest BCUT2D eigenvalue weighted by molar-refractivity contribution is 5.80. The van der Waals surface area contributed by atoms with Crippen molar-refractivity contribution < 1.29 is 13.9 Å². The Hall–Kier alpha value is -2.27. The lowest BCUT2D eigenvalue weighted by Crippen LogP contribution is -2.51. The highest BCUT2D eigenvalue weighted by atomic mass is 19.1. The third kappa shape index (κ3) is 4.58. The number of likely N-dealkylation sites (tertiary alicyclic amines) is 1. The number of piperidine rings is 1. The quantitative estimate of drug-likeness (QED) is 0.763. The van der Waals surface area contributed by atoms with E-state index in [1.165, 1.54) is 5.56 Å².